The third kappa shape index (κ3) is 6.30. The van der Waals surface area contributed by atoms with Crippen LogP contribution in [0.25, 0.3) is 0 Å². The van der Waals surface area contributed by atoms with Gasteiger partial charge in [0.25, 0.3) is 5.41 Å². The van der Waals surface area contributed by atoms with Crippen LogP contribution in [0.5, 0.6) is 0 Å². The number of alkyl halides is 9. The topological polar surface area (TPSA) is 0 Å². The van der Waals surface area contributed by atoms with Gasteiger partial charge < -0.3 is 0 Å². The summed E-state index contributed by atoms with van der Waals surface area (Å²) in [6.45, 7) is 0. The lowest BCUT2D eigenvalue weighted by Gasteiger charge is -2.38. The first-order valence-corrected chi connectivity index (χ1v) is 9.07. The number of unbranched alkanes of at least 4 members (excludes halogenated alkanes) is 6. The molecule has 0 nitrogen and oxygen atoms in total. The van der Waals surface area contributed by atoms with Crippen LogP contribution in [0.15, 0.2) is 30.3 Å². The van der Waals surface area contributed by atoms with Gasteiger partial charge in [-0.25, -0.2) is 0 Å². The summed E-state index contributed by atoms with van der Waals surface area (Å²) < 4.78 is 115. The normalized spacial score (nSPS) is 13.8. The molecular weight excluding hydrogens is 399 g/mol. The van der Waals surface area contributed by atoms with E-state index in [1.54, 1.807) is 0 Å². The molecule has 9 heteroatoms. The molecule has 1 aromatic carbocycles. The second-order valence-corrected chi connectivity index (χ2v) is 6.86. The highest BCUT2D eigenvalue weighted by Crippen LogP contribution is 2.61. The fourth-order valence-electron chi connectivity index (χ4n) is 3.16. The van der Waals surface area contributed by atoms with Crippen LogP contribution in [0.1, 0.15) is 56.9 Å². The van der Waals surface area contributed by atoms with Crippen molar-refractivity contribution in [2.24, 2.45) is 5.41 Å². The number of rotatable bonds is 10. The number of halogens is 9. The fourth-order valence-corrected chi connectivity index (χ4v) is 3.16. The first-order valence-electron chi connectivity index (χ1n) is 9.07. The van der Waals surface area contributed by atoms with Crippen LogP contribution in [-0.2, 0) is 6.42 Å². The average molecular weight is 422 g/mol. The Morgan fingerprint density at radius 3 is 1.32 bits per heavy atom. The third-order valence-corrected chi connectivity index (χ3v) is 4.81. The maximum absolute atomic E-state index is 12.8. The Morgan fingerprint density at radius 2 is 0.893 bits per heavy atom. The van der Waals surface area contributed by atoms with Gasteiger partial charge in [0.15, 0.2) is 0 Å². The van der Waals surface area contributed by atoms with Gasteiger partial charge in [0.05, 0.1) is 0 Å². The summed E-state index contributed by atoms with van der Waals surface area (Å²) >= 11 is 0. The predicted molar refractivity (Wildman–Crippen MR) is 87.7 cm³/mol. The zero-order valence-electron chi connectivity index (χ0n) is 15.2. The summed E-state index contributed by atoms with van der Waals surface area (Å²) in [5.74, 6) is 0. The molecule has 1 rings (SSSR count). The Morgan fingerprint density at radius 1 is 0.500 bits per heavy atom. The molecule has 0 radical (unpaired) electrons. The molecule has 162 valence electrons. The predicted octanol–water partition coefficient (Wildman–Crippen LogP) is 8.02. The smallest absolute Gasteiger partial charge is 0.170 e. The quantitative estimate of drug-likeness (QED) is 0.265. The van der Waals surface area contributed by atoms with Gasteiger partial charge in [-0.05, 0) is 24.8 Å². The van der Waals surface area contributed by atoms with Crippen molar-refractivity contribution in [1.29, 1.82) is 0 Å². The summed E-state index contributed by atoms with van der Waals surface area (Å²) in [4.78, 5) is 0. The molecule has 0 spiro atoms. The van der Waals surface area contributed by atoms with E-state index in [4.69, 9.17) is 0 Å². The van der Waals surface area contributed by atoms with E-state index in [1.165, 1.54) is 5.56 Å². The Balaban J connectivity index is 2.39. The Bertz CT molecular complexity index is 519. The van der Waals surface area contributed by atoms with Gasteiger partial charge in [-0.2, -0.15) is 39.5 Å². The largest absolute Gasteiger partial charge is 0.412 e. The van der Waals surface area contributed by atoms with Crippen molar-refractivity contribution in [3.63, 3.8) is 0 Å². The summed E-state index contributed by atoms with van der Waals surface area (Å²) in [5, 5.41) is 0. The Labute approximate surface area is 158 Å². The fraction of sp³-hybridized carbons (Fsp3) is 0.684. The molecular formula is C19H23F9. The van der Waals surface area contributed by atoms with Gasteiger partial charge in [0, 0.05) is 0 Å². The second kappa shape index (κ2) is 9.87. The molecule has 28 heavy (non-hydrogen) atoms. The van der Waals surface area contributed by atoms with E-state index in [-0.39, 0.29) is 6.42 Å². The van der Waals surface area contributed by atoms with E-state index in [0.717, 1.165) is 25.7 Å². The molecule has 0 fully saturated rings. The average Bonchev–Trinajstić information content (AvgIpc) is 2.54. The van der Waals surface area contributed by atoms with Crippen molar-refractivity contribution in [2.75, 3.05) is 0 Å². The van der Waals surface area contributed by atoms with Crippen LogP contribution < -0.4 is 0 Å². The maximum Gasteiger partial charge on any atom is 0.412 e. The van der Waals surface area contributed by atoms with Crippen LogP contribution in [-0.4, -0.2) is 18.5 Å². The number of hydrogen-bond donors (Lipinski definition) is 0. The molecule has 0 bridgehead atoms. The molecule has 0 heterocycles. The van der Waals surface area contributed by atoms with Gasteiger partial charge in [0.2, 0.25) is 0 Å². The first-order chi connectivity index (χ1) is 12.8. The van der Waals surface area contributed by atoms with Crippen molar-refractivity contribution < 1.29 is 39.5 Å². The molecule has 0 unspecified atom stereocenters. The summed E-state index contributed by atoms with van der Waals surface area (Å²) in [7, 11) is 0. The van der Waals surface area contributed by atoms with Crippen LogP contribution in [0.2, 0.25) is 0 Å². The summed E-state index contributed by atoms with van der Waals surface area (Å²) in [6.07, 6.45) is -18.1. The minimum atomic E-state index is -6.44. The molecule has 0 atom stereocenters. The highest BCUT2D eigenvalue weighted by Gasteiger charge is 2.82. The van der Waals surface area contributed by atoms with Crippen molar-refractivity contribution >= 4 is 0 Å². The minimum absolute atomic E-state index is 0.108. The molecule has 0 aliphatic rings. The van der Waals surface area contributed by atoms with Gasteiger partial charge in [0.1, 0.15) is 0 Å². The maximum atomic E-state index is 12.8. The van der Waals surface area contributed by atoms with Crippen LogP contribution >= 0.6 is 0 Å². The van der Waals surface area contributed by atoms with E-state index in [9.17, 15) is 39.5 Å². The number of benzene rings is 1. The number of hydrogen-bond acceptors (Lipinski definition) is 0. The van der Waals surface area contributed by atoms with Crippen molar-refractivity contribution in [3.8, 4) is 0 Å². The van der Waals surface area contributed by atoms with E-state index in [0.29, 0.717) is 12.8 Å². The Hall–Kier alpha value is -1.41. The van der Waals surface area contributed by atoms with E-state index < -0.39 is 36.8 Å². The van der Waals surface area contributed by atoms with Crippen LogP contribution in [0.3, 0.4) is 0 Å². The first kappa shape index (κ1) is 24.6. The van der Waals surface area contributed by atoms with E-state index in [1.807, 2.05) is 30.3 Å². The molecule has 1 aromatic rings. The molecule has 0 aliphatic carbocycles. The molecule has 0 saturated heterocycles. The zero-order chi connectivity index (χ0) is 21.5. The monoisotopic (exact) mass is 422 g/mol. The molecule has 0 N–H and O–H groups in total. The van der Waals surface area contributed by atoms with Gasteiger partial charge in [-0.1, -0.05) is 68.9 Å². The highest BCUT2D eigenvalue weighted by atomic mass is 19.4. The van der Waals surface area contributed by atoms with Crippen molar-refractivity contribution in [1.82, 2.24) is 0 Å². The minimum Gasteiger partial charge on any atom is -0.170 e. The van der Waals surface area contributed by atoms with Gasteiger partial charge in [-0.15, -0.1) is 0 Å². The lowest BCUT2D eigenvalue weighted by atomic mass is 9.80. The Kier molecular flexibility index (Phi) is 8.68. The van der Waals surface area contributed by atoms with Crippen LogP contribution in [0, 0.1) is 5.41 Å². The highest BCUT2D eigenvalue weighted by molar-refractivity contribution is 5.14. The van der Waals surface area contributed by atoms with Gasteiger partial charge in [-0.3, -0.25) is 0 Å². The lowest BCUT2D eigenvalue weighted by molar-refractivity contribution is -0.429. The molecule has 0 saturated carbocycles. The summed E-state index contributed by atoms with van der Waals surface area (Å²) in [5.41, 5.74) is -4.49. The standard InChI is InChI=1S/C19H23F9/c20-17(21,22)16(18(23,24)25,19(26,27)28)14-10-5-3-1-2-4-7-11-15-12-8-6-9-13-15/h6,8-9,12-13H,1-5,7,10-11,14H2. The lowest BCUT2D eigenvalue weighted by Crippen LogP contribution is -2.59. The van der Waals surface area contributed by atoms with Crippen LogP contribution in [0.4, 0.5) is 39.5 Å². The van der Waals surface area contributed by atoms with Crippen molar-refractivity contribution in [2.45, 2.75) is 76.3 Å². The number of aryl methyl sites for hydroxylation is 1. The van der Waals surface area contributed by atoms with E-state index in [2.05, 4.69) is 0 Å². The van der Waals surface area contributed by atoms with Crippen molar-refractivity contribution in [3.05, 3.63) is 35.9 Å². The van der Waals surface area contributed by atoms with Gasteiger partial charge >= 0.3 is 18.5 Å². The second-order valence-electron chi connectivity index (χ2n) is 6.86. The van der Waals surface area contributed by atoms with E-state index >= 15 is 0 Å². The molecule has 0 aromatic heterocycles. The SMILES string of the molecule is FC(F)(F)C(CCCCCCCCCc1ccccc1)(C(F)(F)F)C(F)(F)F. The molecule has 0 amide bonds. The summed E-state index contributed by atoms with van der Waals surface area (Å²) in [6, 6.07) is 9.69. The zero-order valence-corrected chi connectivity index (χ0v) is 15.2. The molecule has 0 aliphatic heterocycles. The third-order valence-electron chi connectivity index (χ3n) is 4.81.